The molecule has 0 aliphatic heterocycles. The number of fused-ring (bicyclic) bond motifs is 2. The van der Waals surface area contributed by atoms with Crippen LogP contribution in [0.2, 0.25) is 0 Å². The third kappa shape index (κ3) is 4.98. The molecule has 1 heterocycles. The molecule has 6 heteroatoms. The van der Waals surface area contributed by atoms with E-state index in [2.05, 4.69) is 40.5 Å². The van der Waals surface area contributed by atoms with E-state index in [4.69, 9.17) is 9.72 Å². The molecular formula is C28H29N3O2S. The fourth-order valence-corrected chi connectivity index (χ4v) is 5.56. The number of benzene rings is 3. The van der Waals surface area contributed by atoms with E-state index in [-0.39, 0.29) is 18.6 Å². The van der Waals surface area contributed by atoms with Crippen molar-refractivity contribution < 1.29 is 9.53 Å². The molecule has 5 rings (SSSR count). The highest BCUT2D eigenvalue weighted by atomic mass is 32.1. The summed E-state index contributed by atoms with van der Waals surface area (Å²) in [4.78, 5) is 19.7. The Hall–Kier alpha value is -3.22. The SMILES string of the molecule is CN(C)Cc1cc(-c2nc3ccccc3s2)ccc1OCC(=O)N[C@@H]1CCCc2ccccc21. The maximum Gasteiger partial charge on any atom is 0.258 e. The minimum Gasteiger partial charge on any atom is -0.483 e. The number of hydrogen-bond acceptors (Lipinski definition) is 5. The predicted octanol–water partition coefficient (Wildman–Crippen LogP) is 5.60. The molecule has 1 aromatic heterocycles. The fraction of sp³-hybridized carbons (Fsp3) is 0.286. The Morgan fingerprint density at radius 3 is 2.79 bits per heavy atom. The van der Waals surface area contributed by atoms with Gasteiger partial charge in [-0.05, 0) is 74.8 Å². The molecule has 0 spiro atoms. The molecule has 0 radical (unpaired) electrons. The summed E-state index contributed by atoms with van der Waals surface area (Å²) in [6, 6.07) is 22.7. The third-order valence-electron chi connectivity index (χ3n) is 6.15. The van der Waals surface area contributed by atoms with Crippen LogP contribution < -0.4 is 10.1 Å². The summed E-state index contributed by atoms with van der Waals surface area (Å²) in [6.45, 7) is 0.714. The number of aromatic nitrogens is 1. The van der Waals surface area contributed by atoms with Gasteiger partial charge in [0.15, 0.2) is 6.61 Å². The fourth-order valence-electron chi connectivity index (χ4n) is 4.60. The highest BCUT2D eigenvalue weighted by Gasteiger charge is 2.21. The molecule has 1 atom stereocenters. The van der Waals surface area contributed by atoms with E-state index < -0.39 is 0 Å². The molecule has 4 aromatic rings. The Balaban J connectivity index is 1.30. The minimum absolute atomic E-state index is 0.000417. The lowest BCUT2D eigenvalue weighted by atomic mass is 9.88. The molecule has 1 aliphatic rings. The van der Waals surface area contributed by atoms with Crippen LogP contribution in [0, 0.1) is 0 Å². The number of amides is 1. The van der Waals surface area contributed by atoms with Crippen molar-refractivity contribution in [3.63, 3.8) is 0 Å². The van der Waals surface area contributed by atoms with Crippen molar-refractivity contribution in [3.8, 4) is 16.3 Å². The molecule has 0 unspecified atom stereocenters. The van der Waals surface area contributed by atoms with Gasteiger partial charge in [0.1, 0.15) is 10.8 Å². The van der Waals surface area contributed by atoms with Crippen molar-refractivity contribution in [1.29, 1.82) is 0 Å². The zero-order valence-corrected chi connectivity index (χ0v) is 20.4. The lowest BCUT2D eigenvalue weighted by Gasteiger charge is -2.26. The number of para-hydroxylation sites is 1. The van der Waals surface area contributed by atoms with Crippen molar-refractivity contribution >= 4 is 27.5 Å². The van der Waals surface area contributed by atoms with Gasteiger partial charge in [-0.15, -0.1) is 11.3 Å². The van der Waals surface area contributed by atoms with Gasteiger partial charge in [-0.25, -0.2) is 4.98 Å². The van der Waals surface area contributed by atoms with Crippen LogP contribution in [0.25, 0.3) is 20.8 Å². The van der Waals surface area contributed by atoms with E-state index in [0.717, 1.165) is 46.7 Å². The summed E-state index contributed by atoms with van der Waals surface area (Å²) in [5.41, 5.74) is 5.68. The maximum atomic E-state index is 12.8. The van der Waals surface area contributed by atoms with E-state index in [1.54, 1.807) is 11.3 Å². The normalized spacial score (nSPS) is 15.3. The van der Waals surface area contributed by atoms with Gasteiger partial charge in [0.05, 0.1) is 16.3 Å². The largest absolute Gasteiger partial charge is 0.483 e. The maximum absolute atomic E-state index is 12.8. The standard InChI is InChI=1S/C28H29N3O2S/c1-31(2)17-21-16-20(28-30-24-11-5-6-13-26(24)34-28)14-15-25(21)33-18-27(32)29-23-12-7-9-19-8-3-4-10-22(19)23/h3-6,8,10-11,13-16,23H,7,9,12,17-18H2,1-2H3,(H,29,32)/t23-/m1/s1. The van der Waals surface area contributed by atoms with Crippen molar-refractivity contribution in [2.75, 3.05) is 20.7 Å². The van der Waals surface area contributed by atoms with E-state index in [1.165, 1.54) is 15.8 Å². The smallest absolute Gasteiger partial charge is 0.258 e. The lowest BCUT2D eigenvalue weighted by molar-refractivity contribution is -0.124. The molecule has 5 nitrogen and oxygen atoms in total. The second-order valence-electron chi connectivity index (χ2n) is 9.05. The Morgan fingerprint density at radius 1 is 1.12 bits per heavy atom. The van der Waals surface area contributed by atoms with Crippen molar-refractivity contribution in [1.82, 2.24) is 15.2 Å². The van der Waals surface area contributed by atoms with E-state index in [1.807, 2.05) is 50.5 Å². The zero-order valence-electron chi connectivity index (χ0n) is 19.6. The highest BCUT2D eigenvalue weighted by Crippen LogP contribution is 2.33. The number of ether oxygens (including phenoxy) is 1. The molecule has 0 fully saturated rings. The van der Waals surface area contributed by atoms with Gasteiger partial charge in [-0.2, -0.15) is 0 Å². The molecule has 34 heavy (non-hydrogen) atoms. The summed E-state index contributed by atoms with van der Waals surface area (Å²) in [7, 11) is 4.06. The first-order valence-corrected chi connectivity index (χ1v) is 12.5. The first-order valence-electron chi connectivity index (χ1n) is 11.7. The molecule has 0 bridgehead atoms. The first-order chi connectivity index (χ1) is 16.6. The zero-order chi connectivity index (χ0) is 23.5. The lowest BCUT2D eigenvalue weighted by Crippen LogP contribution is -2.34. The van der Waals surface area contributed by atoms with E-state index >= 15 is 0 Å². The molecular weight excluding hydrogens is 442 g/mol. The second kappa shape index (κ2) is 9.95. The predicted molar refractivity (Wildman–Crippen MR) is 138 cm³/mol. The van der Waals surface area contributed by atoms with Gasteiger partial charge in [0.2, 0.25) is 0 Å². The quantitative estimate of drug-likeness (QED) is 0.381. The van der Waals surface area contributed by atoms with Crippen molar-refractivity contribution in [3.05, 3.63) is 83.4 Å². The van der Waals surface area contributed by atoms with Crippen LogP contribution in [0.15, 0.2) is 66.7 Å². The molecule has 1 N–H and O–H groups in total. The summed E-state index contributed by atoms with van der Waals surface area (Å²) >= 11 is 1.69. The number of hydrogen-bond donors (Lipinski definition) is 1. The number of carbonyl (C=O) groups is 1. The summed E-state index contributed by atoms with van der Waals surface area (Å²) in [5.74, 6) is 0.644. The first kappa shape index (κ1) is 22.6. The highest BCUT2D eigenvalue weighted by molar-refractivity contribution is 7.21. The van der Waals surface area contributed by atoms with Gasteiger partial charge in [0.25, 0.3) is 5.91 Å². The number of carbonyl (C=O) groups excluding carboxylic acids is 1. The van der Waals surface area contributed by atoms with Gasteiger partial charge < -0.3 is 15.0 Å². The molecule has 0 saturated carbocycles. The summed E-state index contributed by atoms with van der Waals surface area (Å²) in [5, 5.41) is 4.16. The Morgan fingerprint density at radius 2 is 1.94 bits per heavy atom. The minimum atomic E-state index is -0.0900. The second-order valence-corrected chi connectivity index (χ2v) is 10.1. The van der Waals surface area contributed by atoms with E-state index in [0.29, 0.717) is 6.54 Å². The topological polar surface area (TPSA) is 54.5 Å². The Labute approximate surface area is 204 Å². The number of aryl methyl sites for hydroxylation is 1. The average Bonchev–Trinajstić information content (AvgIpc) is 3.27. The van der Waals surface area contributed by atoms with Gasteiger partial charge in [-0.1, -0.05) is 36.4 Å². The van der Waals surface area contributed by atoms with Crippen LogP contribution in [0.1, 0.15) is 35.6 Å². The van der Waals surface area contributed by atoms with Crippen LogP contribution in [0.4, 0.5) is 0 Å². The molecule has 1 aliphatic carbocycles. The number of nitrogens with zero attached hydrogens (tertiary/aromatic N) is 2. The molecule has 3 aromatic carbocycles. The molecule has 174 valence electrons. The van der Waals surface area contributed by atoms with Gasteiger partial charge in [0, 0.05) is 17.7 Å². The Bertz CT molecular complexity index is 1280. The molecule has 1 amide bonds. The van der Waals surface area contributed by atoms with Crippen LogP contribution >= 0.6 is 11.3 Å². The summed E-state index contributed by atoms with van der Waals surface area (Å²) < 4.78 is 7.20. The third-order valence-corrected chi connectivity index (χ3v) is 7.24. The number of thiazole rings is 1. The van der Waals surface area contributed by atoms with Crippen LogP contribution in [0.5, 0.6) is 5.75 Å². The van der Waals surface area contributed by atoms with Crippen molar-refractivity contribution in [2.45, 2.75) is 31.8 Å². The molecule has 0 saturated heterocycles. The van der Waals surface area contributed by atoms with Crippen molar-refractivity contribution in [2.24, 2.45) is 0 Å². The number of nitrogens with one attached hydrogen (secondary N) is 1. The monoisotopic (exact) mass is 471 g/mol. The summed E-state index contributed by atoms with van der Waals surface area (Å²) in [6.07, 6.45) is 3.13. The Kier molecular flexibility index (Phi) is 6.61. The van der Waals surface area contributed by atoms with E-state index in [9.17, 15) is 4.79 Å². The van der Waals surface area contributed by atoms with Gasteiger partial charge in [-0.3, -0.25) is 4.79 Å². The van der Waals surface area contributed by atoms with Crippen LogP contribution in [-0.4, -0.2) is 36.5 Å². The van der Waals surface area contributed by atoms with Crippen LogP contribution in [-0.2, 0) is 17.8 Å². The van der Waals surface area contributed by atoms with Gasteiger partial charge >= 0.3 is 0 Å². The average molecular weight is 472 g/mol. The number of rotatable bonds is 7. The van der Waals surface area contributed by atoms with Crippen LogP contribution in [0.3, 0.4) is 0 Å².